The zero-order chi connectivity index (χ0) is 13.0. The van der Waals surface area contributed by atoms with E-state index in [1.807, 2.05) is 0 Å². The van der Waals surface area contributed by atoms with E-state index in [-0.39, 0.29) is 0 Å². The Morgan fingerprint density at radius 1 is 1.33 bits per heavy atom. The van der Waals surface area contributed by atoms with E-state index in [9.17, 15) is 0 Å². The zero-order valence-corrected chi connectivity index (χ0v) is 11.9. The smallest absolute Gasteiger partial charge is 0.0449 e. The summed E-state index contributed by atoms with van der Waals surface area (Å²) in [5.41, 5.74) is 2.78. The van der Waals surface area contributed by atoms with Crippen molar-refractivity contribution in [1.29, 1.82) is 0 Å². The summed E-state index contributed by atoms with van der Waals surface area (Å²) in [6.45, 7) is 9.97. The fourth-order valence-corrected chi connectivity index (χ4v) is 2.63. The molecule has 2 nitrogen and oxygen atoms in total. The van der Waals surface area contributed by atoms with Crippen LogP contribution in [-0.2, 0) is 0 Å². The average molecular weight is 246 g/mol. The third-order valence-corrected chi connectivity index (χ3v) is 3.78. The van der Waals surface area contributed by atoms with Gasteiger partial charge in [0.05, 0.1) is 0 Å². The Morgan fingerprint density at radius 3 is 2.67 bits per heavy atom. The molecule has 0 aliphatic heterocycles. The Bertz CT molecular complexity index is 371. The Labute approximate surface area is 111 Å². The minimum atomic E-state index is 0.468. The van der Waals surface area contributed by atoms with E-state index in [0.29, 0.717) is 6.04 Å². The van der Waals surface area contributed by atoms with Gasteiger partial charge in [0.1, 0.15) is 0 Å². The van der Waals surface area contributed by atoms with Crippen LogP contribution in [0.2, 0.25) is 0 Å². The van der Waals surface area contributed by atoms with Gasteiger partial charge < -0.3 is 5.32 Å². The summed E-state index contributed by atoms with van der Waals surface area (Å²) in [7, 11) is 0. The first-order chi connectivity index (χ1) is 8.74. The third kappa shape index (κ3) is 3.56. The summed E-state index contributed by atoms with van der Waals surface area (Å²) < 4.78 is 0. The van der Waals surface area contributed by atoms with E-state index in [4.69, 9.17) is 0 Å². The molecule has 1 N–H and O–H groups in total. The lowest BCUT2D eigenvalue weighted by atomic mass is 10.0. The summed E-state index contributed by atoms with van der Waals surface area (Å²) >= 11 is 0. The van der Waals surface area contributed by atoms with Gasteiger partial charge in [-0.05, 0) is 38.4 Å². The van der Waals surface area contributed by atoms with Gasteiger partial charge in [-0.2, -0.15) is 0 Å². The van der Waals surface area contributed by atoms with Crippen molar-refractivity contribution in [1.82, 2.24) is 10.2 Å². The molecule has 1 atom stereocenters. The lowest BCUT2D eigenvalue weighted by molar-refractivity contribution is 0.245. The molecule has 0 aromatic heterocycles. The van der Waals surface area contributed by atoms with E-state index in [1.54, 1.807) is 0 Å². The molecule has 1 saturated carbocycles. The van der Waals surface area contributed by atoms with Crippen molar-refractivity contribution in [2.24, 2.45) is 0 Å². The highest BCUT2D eigenvalue weighted by Gasteiger charge is 2.29. The van der Waals surface area contributed by atoms with Gasteiger partial charge in [0, 0.05) is 18.6 Å². The van der Waals surface area contributed by atoms with Crippen molar-refractivity contribution in [3.8, 4) is 0 Å². The first-order valence-electron chi connectivity index (χ1n) is 7.28. The SMILES string of the molecule is CCNC(CN(CC)C1CC1)c1cccc(C)c1. The van der Waals surface area contributed by atoms with Crippen LogP contribution in [0.25, 0.3) is 0 Å². The Hall–Kier alpha value is -0.860. The van der Waals surface area contributed by atoms with Gasteiger partial charge in [-0.1, -0.05) is 43.7 Å². The molecule has 2 heteroatoms. The predicted molar refractivity (Wildman–Crippen MR) is 77.9 cm³/mol. The van der Waals surface area contributed by atoms with E-state index < -0.39 is 0 Å². The number of aryl methyl sites for hydroxylation is 1. The van der Waals surface area contributed by atoms with Gasteiger partial charge in [0.15, 0.2) is 0 Å². The van der Waals surface area contributed by atoms with Gasteiger partial charge in [-0.3, -0.25) is 4.90 Å². The van der Waals surface area contributed by atoms with Gasteiger partial charge in [-0.25, -0.2) is 0 Å². The molecule has 1 aromatic rings. The molecule has 100 valence electrons. The van der Waals surface area contributed by atoms with E-state index >= 15 is 0 Å². The van der Waals surface area contributed by atoms with Crippen LogP contribution < -0.4 is 5.32 Å². The van der Waals surface area contributed by atoms with Crippen molar-refractivity contribution in [3.63, 3.8) is 0 Å². The highest BCUT2D eigenvalue weighted by Crippen LogP contribution is 2.28. The maximum atomic E-state index is 3.63. The summed E-state index contributed by atoms with van der Waals surface area (Å²) in [6.07, 6.45) is 2.78. The van der Waals surface area contributed by atoms with Crippen LogP contribution in [0.5, 0.6) is 0 Å². The summed E-state index contributed by atoms with van der Waals surface area (Å²) in [4.78, 5) is 2.62. The molecule has 0 saturated heterocycles. The minimum absolute atomic E-state index is 0.468. The molecule has 1 unspecified atom stereocenters. The predicted octanol–water partition coefficient (Wildman–Crippen LogP) is 3.13. The molecular weight excluding hydrogens is 220 g/mol. The van der Waals surface area contributed by atoms with Gasteiger partial charge in [-0.15, -0.1) is 0 Å². The maximum absolute atomic E-state index is 3.63. The number of hydrogen-bond donors (Lipinski definition) is 1. The molecule has 1 aromatic carbocycles. The number of rotatable bonds is 7. The molecule has 2 rings (SSSR count). The van der Waals surface area contributed by atoms with Crippen LogP contribution in [0.3, 0.4) is 0 Å². The quantitative estimate of drug-likeness (QED) is 0.795. The van der Waals surface area contributed by atoms with Crippen molar-refractivity contribution in [2.75, 3.05) is 19.6 Å². The van der Waals surface area contributed by atoms with Crippen LogP contribution in [0, 0.1) is 6.92 Å². The van der Waals surface area contributed by atoms with E-state index in [2.05, 4.69) is 55.3 Å². The van der Waals surface area contributed by atoms with Crippen LogP contribution >= 0.6 is 0 Å². The zero-order valence-electron chi connectivity index (χ0n) is 11.9. The molecule has 0 bridgehead atoms. The molecule has 1 fully saturated rings. The lowest BCUT2D eigenvalue weighted by Crippen LogP contribution is -2.36. The Morgan fingerprint density at radius 2 is 2.11 bits per heavy atom. The second kappa shape index (κ2) is 6.35. The van der Waals surface area contributed by atoms with Gasteiger partial charge in [0.2, 0.25) is 0 Å². The topological polar surface area (TPSA) is 15.3 Å². The summed E-state index contributed by atoms with van der Waals surface area (Å²) in [5, 5.41) is 3.63. The van der Waals surface area contributed by atoms with Crippen LogP contribution in [-0.4, -0.2) is 30.6 Å². The number of nitrogens with zero attached hydrogens (tertiary/aromatic N) is 1. The monoisotopic (exact) mass is 246 g/mol. The van der Waals surface area contributed by atoms with Crippen molar-refractivity contribution in [2.45, 2.75) is 45.7 Å². The molecule has 1 aliphatic rings. The van der Waals surface area contributed by atoms with Crippen LogP contribution in [0.1, 0.15) is 43.9 Å². The van der Waals surface area contributed by atoms with E-state index in [1.165, 1.54) is 30.5 Å². The number of nitrogens with one attached hydrogen (secondary N) is 1. The van der Waals surface area contributed by atoms with Gasteiger partial charge >= 0.3 is 0 Å². The largest absolute Gasteiger partial charge is 0.309 e. The highest BCUT2D eigenvalue weighted by atomic mass is 15.2. The minimum Gasteiger partial charge on any atom is -0.309 e. The molecule has 0 radical (unpaired) electrons. The number of hydrogen-bond acceptors (Lipinski definition) is 2. The molecule has 0 heterocycles. The number of benzene rings is 1. The average Bonchev–Trinajstić information content (AvgIpc) is 3.18. The molecule has 0 amide bonds. The number of likely N-dealkylation sites (N-methyl/N-ethyl adjacent to an activating group) is 2. The normalized spacial score (nSPS) is 17.1. The van der Waals surface area contributed by atoms with Gasteiger partial charge in [0.25, 0.3) is 0 Å². The Balaban J connectivity index is 2.06. The fourth-order valence-electron chi connectivity index (χ4n) is 2.63. The molecule has 1 aliphatic carbocycles. The Kier molecular flexibility index (Phi) is 4.79. The van der Waals surface area contributed by atoms with Crippen LogP contribution in [0.15, 0.2) is 24.3 Å². The second-order valence-electron chi connectivity index (χ2n) is 5.34. The first-order valence-corrected chi connectivity index (χ1v) is 7.28. The first kappa shape index (κ1) is 13.6. The standard InChI is InChI=1S/C16H26N2/c1-4-17-16(12-18(5-2)15-9-10-15)14-8-6-7-13(3)11-14/h6-8,11,15-17H,4-5,9-10,12H2,1-3H3. The van der Waals surface area contributed by atoms with Crippen molar-refractivity contribution < 1.29 is 0 Å². The van der Waals surface area contributed by atoms with Crippen molar-refractivity contribution in [3.05, 3.63) is 35.4 Å². The highest BCUT2D eigenvalue weighted by molar-refractivity contribution is 5.25. The fraction of sp³-hybridized carbons (Fsp3) is 0.625. The second-order valence-corrected chi connectivity index (χ2v) is 5.34. The maximum Gasteiger partial charge on any atom is 0.0449 e. The molecule has 0 spiro atoms. The molecular formula is C16H26N2. The summed E-state index contributed by atoms with van der Waals surface area (Å²) in [5.74, 6) is 0. The molecule has 18 heavy (non-hydrogen) atoms. The third-order valence-electron chi connectivity index (χ3n) is 3.78. The lowest BCUT2D eigenvalue weighted by Gasteiger charge is -2.27. The van der Waals surface area contributed by atoms with E-state index in [0.717, 1.165) is 19.1 Å². The van der Waals surface area contributed by atoms with Crippen LogP contribution in [0.4, 0.5) is 0 Å². The summed E-state index contributed by atoms with van der Waals surface area (Å²) in [6, 6.07) is 10.2. The van der Waals surface area contributed by atoms with Crippen molar-refractivity contribution >= 4 is 0 Å².